The SMILES string of the molecule is CCCc1ncn2ncc(-c3ccc(Sc4ccccc4)cc3)c2n1. The van der Waals surface area contributed by atoms with Crippen LogP contribution in [0.5, 0.6) is 0 Å². The Morgan fingerprint density at radius 1 is 0.960 bits per heavy atom. The van der Waals surface area contributed by atoms with E-state index in [9.17, 15) is 0 Å². The monoisotopic (exact) mass is 346 g/mol. The number of fused-ring (bicyclic) bond motifs is 1. The molecule has 0 N–H and O–H groups in total. The first-order valence-corrected chi connectivity index (χ1v) is 9.18. The second kappa shape index (κ2) is 7.07. The molecule has 0 saturated heterocycles. The molecule has 2 aromatic carbocycles. The van der Waals surface area contributed by atoms with Crippen molar-refractivity contribution in [3.05, 3.63) is 72.9 Å². The van der Waals surface area contributed by atoms with Gasteiger partial charge in [0.25, 0.3) is 0 Å². The lowest BCUT2D eigenvalue weighted by atomic mass is 10.1. The fraction of sp³-hybridized carbons (Fsp3) is 0.150. The molecule has 4 aromatic rings. The van der Waals surface area contributed by atoms with Crippen LogP contribution < -0.4 is 0 Å². The summed E-state index contributed by atoms with van der Waals surface area (Å²) in [6.07, 6.45) is 5.52. The Hall–Kier alpha value is -2.66. The molecule has 0 aliphatic heterocycles. The highest BCUT2D eigenvalue weighted by Crippen LogP contribution is 2.30. The first-order chi connectivity index (χ1) is 12.3. The van der Waals surface area contributed by atoms with Crippen molar-refractivity contribution in [3.8, 4) is 11.1 Å². The number of hydrogen-bond acceptors (Lipinski definition) is 4. The first-order valence-electron chi connectivity index (χ1n) is 8.36. The Morgan fingerprint density at radius 3 is 2.48 bits per heavy atom. The van der Waals surface area contributed by atoms with E-state index in [0.717, 1.165) is 35.4 Å². The van der Waals surface area contributed by atoms with Gasteiger partial charge in [-0.25, -0.2) is 14.5 Å². The van der Waals surface area contributed by atoms with Gasteiger partial charge in [-0.15, -0.1) is 0 Å². The minimum absolute atomic E-state index is 0.863. The van der Waals surface area contributed by atoms with Crippen molar-refractivity contribution in [2.24, 2.45) is 0 Å². The van der Waals surface area contributed by atoms with E-state index in [4.69, 9.17) is 0 Å². The van der Waals surface area contributed by atoms with E-state index in [0.29, 0.717) is 0 Å². The van der Waals surface area contributed by atoms with Gasteiger partial charge in [0.05, 0.1) is 6.20 Å². The van der Waals surface area contributed by atoms with Gasteiger partial charge in [-0.05, 0) is 36.2 Å². The molecule has 0 saturated carbocycles. The number of hydrogen-bond donors (Lipinski definition) is 0. The Kier molecular flexibility index (Phi) is 4.48. The largest absolute Gasteiger partial charge is 0.221 e. The van der Waals surface area contributed by atoms with Gasteiger partial charge in [0.1, 0.15) is 12.2 Å². The summed E-state index contributed by atoms with van der Waals surface area (Å²) in [5.74, 6) is 0.869. The molecule has 0 radical (unpaired) electrons. The number of nitrogens with zero attached hydrogens (tertiary/aromatic N) is 4. The van der Waals surface area contributed by atoms with E-state index in [1.54, 1.807) is 22.6 Å². The van der Waals surface area contributed by atoms with Crippen molar-refractivity contribution in [3.63, 3.8) is 0 Å². The molecule has 0 amide bonds. The Labute approximate surface area is 151 Å². The average molecular weight is 346 g/mol. The molecule has 124 valence electrons. The molecule has 0 atom stereocenters. The topological polar surface area (TPSA) is 43.1 Å². The standard InChI is InChI=1S/C20H18N4S/c1-2-6-19-21-14-24-20(23-19)18(13-22-24)15-9-11-17(12-10-15)25-16-7-4-3-5-8-16/h3-5,7-14H,2,6H2,1H3. The summed E-state index contributed by atoms with van der Waals surface area (Å²) >= 11 is 1.76. The molecule has 0 aliphatic carbocycles. The summed E-state index contributed by atoms with van der Waals surface area (Å²) in [4.78, 5) is 11.5. The van der Waals surface area contributed by atoms with Crippen molar-refractivity contribution in [1.82, 2.24) is 19.6 Å². The highest BCUT2D eigenvalue weighted by atomic mass is 32.2. The predicted molar refractivity (Wildman–Crippen MR) is 101 cm³/mol. The summed E-state index contributed by atoms with van der Waals surface area (Å²) < 4.78 is 1.74. The molecule has 5 heteroatoms. The molecule has 2 aromatic heterocycles. The van der Waals surface area contributed by atoms with Gasteiger partial charge in [-0.3, -0.25) is 0 Å². The molecule has 4 rings (SSSR count). The molecule has 0 aliphatic rings. The molecule has 2 heterocycles. The summed E-state index contributed by atoms with van der Waals surface area (Å²) in [7, 11) is 0. The zero-order valence-electron chi connectivity index (χ0n) is 14.0. The Balaban J connectivity index is 1.63. The van der Waals surface area contributed by atoms with Crippen LogP contribution in [0.3, 0.4) is 0 Å². The van der Waals surface area contributed by atoms with Gasteiger partial charge < -0.3 is 0 Å². The van der Waals surface area contributed by atoms with Crippen LogP contribution in [0, 0.1) is 0 Å². The van der Waals surface area contributed by atoms with E-state index in [2.05, 4.69) is 70.5 Å². The Bertz CT molecular complexity index is 978. The van der Waals surface area contributed by atoms with Crippen LogP contribution in [0.4, 0.5) is 0 Å². The smallest absolute Gasteiger partial charge is 0.166 e. The van der Waals surface area contributed by atoms with Crippen LogP contribution >= 0.6 is 11.8 Å². The number of rotatable bonds is 5. The molecule has 0 spiro atoms. The van der Waals surface area contributed by atoms with Crippen molar-refractivity contribution < 1.29 is 0 Å². The predicted octanol–water partition coefficient (Wildman–Crippen LogP) is 4.90. The molecule has 0 fully saturated rings. The first kappa shape index (κ1) is 15.8. The van der Waals surface area contributed by atoms with Crippen LogP contribution in [-0.4, -0.2) is 19.6 Å². The van der Waals surface area contributed by atoms with Gasteiger partial charge >= 0.3 is 0 Å². The van der Waals surface area contributed by atoms with Gasteiger partial charge in [0.2, 0.25) is 0 Å². The van der Waals surface area contributed by atoms with Crippen LogP contribution in [0.25, 0.3) is 16.8 Å². The van der Waals surface area contributed by atoms with Crippen LogP contribution in [0.15, 0.2) is 76.9 Å². The van der Waals surface area contributed by atoms with E-state index in [1.807, 2.05) is 12.3 Å². The summed E-state index contributed by atoms with van der Waals surface area (Å²) in [5, 5.41) is 4.37. The maximum atomic E-state index is 4.68. The zero-order chi connectivity index (χ0) is 17.1. The lowest BCUT2D eigenvalue weighted by molar-refractivity contribution is 0.795. The second-order valence-electron chi connectivity index (χ2n) is 5.79. The quantitative estimate of drug-likeness (QED) is 0.516. The molecular formula is C20H18N4S. The van der Waals surface area contributed by atoms with Crippen LogP contribution in [0.1, 0.15) is 19.2 Å². The minimum atomic E-state index is 0.863. The van der Waals surface area contributed by atoms with Gasteiger partial charge in [-0.2, -0.15) is 5.10 Å². The van der Waals surface area contributed by atoms with Crippen molar-refractivity contribution in [2.45, 2.75) is 29.6 Å². The maximum Gasteiger partial charge on any atom is 0.166 e. The lowest BCUT2D eigenvalue weighted by Crippen LogP contribution is -1.99. The number of aromatic nitrogens is 4. The van der Waals surface area contributed by atoms with Gasteiger partial charge in [0.15, 0.2) is 5.65 Å². The van der Waals surface area contributed by atoms with Crippen molar-refractivity contribution in [1.29, 1.82) is 0 Å². The highest BCUT2D eigenvalue weighted by Gasteiger charge is 2.10. The average Bonchev–Trinajstić information content (AvgIpc) is 3.07. The van der Waals surface area contributed by atoms with Gasteiger partial charge in [-0.1, -0.05) is 49.0 Å². The van der Waals surface area contributed by atoms with E-state index in [1.165, 1.54) is 9.79 Å². The highest BCUT2D eigenvalue weighted by molar-refractivity contribution is 7.99. The lowest BCUT2D eigenvalue weighted by Gasteiger charge is -2.04. The molecule has 0 unspecified atom stereocenters. The van der Waals surface area contributed by atoms with E-state index >= 15 is 0 Å². The van der Waals surface area contributed by atoms with E-state index in [-0.39, 0.29) is 0 Å². The summed E-state index contributed by atoms with van der Waals surface area (Å²) in [6, 6.07) is 18.9. The third kappa shape index (κ3) is 3.42. The van der Waals surface area contributed by atoms with E-state index < -0.39 is 0 Å². The molecular weight excluding hydrogens is 328 g/mol. The second-order valence-corrected chi connectivity index (χ2v) is 6.94. The fourth-order valence-electron chi connectivity index (χ4n) is 2.70. The van der Waals surface area contributed by atoms with Gasteiger partial charge in [0, 0.05) is 21.8 Å². The third-order valence-electron chi connectivity index (χ3n) is 3.94. The maximum absolute atomic E-state index is 4.68. The van der Waals surface area contributed by atoms with Crippen LogP contribution in [-0.2, 0) is 6.42 Å². The Morgan fingerprint density at radius 2 is 1.72 bits per heavy atom. The number of benzene rings is 2. The zero-order valence-corrected chi connectivity index (χ0v) is 14.8. The van der Waals surface area contributed by atoms with Crippen molar-refractivity contribution in [2.75, 3.05) is 0 Å². The molecule has 4 nitrogen and oxygen atoms in total. The van der Waals surface area contributed by atoms with Crippen LogP contribution in [0.2, 0.25) is 0 Å². The summed E-state index contributed by atoms with van der Waals surface area (Å²) in [6.45, 7) is 2.13. The fourth-order valence-corrected chi connectivity index (χ4v) is 3.54. The van der Waals surface area contributed by atoms with Crippen molar-refractivity contribution >= 4 is 17.4 Å². The number of aryl methyl sites for hydroxylation is 1. The minimum Gasteiger partial charge on any atom is -0.221 e. The molecule has 25 heavy (non-hydrogen) atoms. The summed E-state index contributed by atoms with van der Waals surface area (Å²) in [5.41, 5.74) is 3.02. The molecule has 0 bridgehead atoms. The third-order valence-corrected chi connectivity index (χ3v) is 4.95. The normalized spacial score (nSPS) is 11.1.